The molecule has 2 aromatic rings. The molecule has 2 bridgehead atoms. The van der Waals surface area contributed by atoms with Gasteiger partial charge in [-0.25, -0.2) is 0 Å². The van der Waals surface area contributed by atoms with Crippen LogP contribution in [0.25, 0.3) is 11.4 Å². The van der Waals surface area contributed by atoms with Crippen LogP contribution in [0.5, 0.6) is 11.5 Å². The van der Waals surface area contributed by atoms with Crippen molar-refractivity contribution in [1.29, 1.82) is 0 Å². The lowest BCUT2D eigenvalue weighted by molar-refractivity contribution is -0.0137. The van der Waals surface area contributed by atoms with Crippen LogP contribution in [0.15, 0.2) is 16.7 Å². The van der Waals surface area contributed by atoms with Crippen LogP contribution in [-0.4, -0.2) is 42.6 Å². The van der Waals surface area contributed by atoms with Crippen molar-refractivity contribution < 1.29 is 18.7 Å². The Bertz CT molecular complexity index is 816. The topological polar surface area (TPSA) is 92.6 Å². The summed E-state index contributed by atoms with van der Waals surface area (Å²) in [5.41, 5.74) is 6.06. The summed E-state index contributed by atoms with van der Waals surface area (Å²) in [6.07, 6.45) is 1.62. The van der Waals surface area contributed by atoms with Gasteiger partial charge in [-0.3, -0.25) is 0 Å². The van der Waals surface area contributed by atoms with Gasteiger partial charge in [0.05, 0.1) is 36.4 Å². The molecule has 1 aliphatic carbocycles. The van der Waals surface area contributed by atoms with E-state index < -0.39 is 0 Å². The van der Waals surface area contributed by atoms with Gasteiger partial charge >= 0.3 is 0 Å². The molecule has 8 heteroatoms. The summed E-state index contributed by atoms with van der Waals surface area (Å²) in [6, 6.07) is 3.51. The third-order valence-electron chi connectivity index (χ3n) is 5.40. The van der Waals surface area contributed by atoms with Crippen LogP contribution in [0.3, 0.4) is 0 Å². The SMILES string of the molecule is COc1cc(-c2noc(C34CC(CN)(C3)OC4C)n2)cc(Cl)c1OC. The van der Waals surface area contributed by atoms with E-state index in [0.29, 0.717) is 40.3 Å². The normalized spacial score (nSPS) is 30.2. The number of halogens is 1. The highest BCUT2D eigenvalue weighted by Crippen LogP contribution is 2.61. The van der Waals surface area contributed by atoms with Crippen molar-refractivity contribution in [1.82, 2.24) is 10.1 Å². The Hall–Kier alpha value is -1.83. The van der Waals surface area contributed by atoms with Gasteiger partial charge in [-0.2, -0.15) is 4.98 Å². The summed E-state index contributed by atoms with van der Waals surface area (Å²) in [7, 11) is 3.09. The van der Waals surface area contributed by atoms with Gasteiger partial charge in [0.25, 0.3) is 0 Å². The molecular weight excluding hydrogens is 346 g/mol. The summed E-state index contributed by atoms with van der Waals surface area (Å²) < 4.78 is 22.2. The molecule has 0 spiro atoms. The molecule has 3 fully saturated rings. The van der Waals surface area contributed by atoms with E-state index in [0.717, 1.165) is 12.8 Å². The van der Waals surface area contributed by atoms with Gasteiger partial charge in [0.15, 0.2) is 11.5 Å². The third kappa shape index (κ3) is 2.26. The molecular formula is C17H20ClN3O4. The van der Waals surface area contributed by atoms with Gasteiger partial charge in [0.2, 0.25) is 11.7 Å². The number of methoxy groups -OCH3 is 2. The second kappa shape index (κ2) is 5.59. The fraction of sp³-hybridized carbons (Fsp3) is 0.529. The Morgan fingerprint density at radius 2 is 2.08 bits per heavy atom. The molecule has 1 aromatic carbocycles. The molecule has 25 heavy (non-hydrogen) atoms. The number of rotatable bonds is 5. The van der Waals surface area contributed by atoms with E-state index in [4.69, 9.17) is 36.1 Å². The second-order valence-corrected chi connectivity index (χ2v) is 7.18. The van der Waals surface area contributed by atoms with Gasteiger partial charge < -0.3 is 24.5 Å². The van der Waals surface area contributed by atoms with Crippen LogP contribution in [0, 0.1) is 0 Å². The van der Waals surface area contributed by atoms with E-state index in [1.54, 1.807) is 19.2 Å². The zero-order chi connectivity index (χ0) is 17.8. The first-order valence-corrected chi connectivity index (χ1v) is 8.49. The summed E-state index contributed by atoms with van der Waals surface area (Å²) in [6.45, 7) is 2.53. The third-order valence-corrected chi connectivity index (χ3v) is 5.68. The average Bonchev–Trinajstić information content (AvgIpc) is 3.23. The monoisotopic (exact) mass is 365 g/mol. The largest absolute Gasteiger partial charge is 0.493 e. The van der Waals surface area contributed by atoms with Crippen molar-refractivity contribution in [3.63, 3.8) is 0 Å². The summed E-state index contributed by atoms with van der Waals surface area (Å²) >= 11 is 6.27. The van der Waals surface area contributed by atoms with Crippen molar-refractivity contribution in [2.75, 3.05) is 20.8 Å². The van der Waals surface area contributed by atoms with Gasteiger partial charge in [0, 0.05) is 12.1 Å². The van der Waals surface area contributed by atoms with Crippen LogP contribution in [0.4, 0.5) is 0 Å². The maximum absolute atomic E-state index is 6.27. The lowest BCUT2D eigenvalue weighted by Gasteiger charge is -2.41. The number of nitrogens with two attached hydrogens (primary N) is 1. The lowest BCUT2D eigenvalue weighted by atomic mass is 9.60. The van der Waals surface area contributed by atoms with Crippen LogP contribution < -0.4 is 15.2 Å². The first kappa shape index (κ1) is 16.6. The van der Waals surface area contributed by atoms with Gasteiger partial charge in [-0.05, 0) is 31.9 Å². The van der Waals surface area contributed by atoms with Gasteiger partial charge in [0.1, 0.15) is 0 Å². The summed E-state index contributed by atoms with van der Waals surface area (Å²) in [5.74, 6) is 2.02. The Morgan fingerprint density at radius 3 is 2.68 bits per heavy atom. The Kier molecular flexibility index (Phi) is 3.72. The van der Waals surface area contributed by atoms with Crippen LogP contribution in [-0.2, 0) is 10.2 Å². The van der Waals surface area contributed by atoms with Crippen molar-refractivity contribution in [3.8, 4) is 22.9 Å². The fourth-order valence-electron chi connectivity index (χ4n) is 4.06. The molecule has 3 heterocycles. The number of benzene rings is 1. The van der Waals surface area contributed by atoms with E-state index >= 15 is 0 Å². The molecule has 1 aromatic heterocycles. The molecule has 1 atom stereocenters. The van der Waals surface area contributed by atoms with Crippen LogP contribution >= 0.6 is 11.6 Å². The number of hydrogen-bond donors (Lipinski definition) is 1. The maximum atomic E-state index is 6.27. The molecule has 2 N–H and O–H groups in total. The zero-order valence-corrected chi connectivity index (χ0v) is 15.1. The van der Waals surface area contributed by atoms with E-state index in [1.165, 1.54) is 7.11 Å². The summed E-state index contributed by atoms with van der Waals surface area (Å²) in [4.78, 5) is 4.61. The number of fused-ring (bicyclic) bond motifs is 1. The van der Waals surface area contributed by atoms with Crippen molar-refractivity contribution >= 4 is 11.6 Å². The smallest absolute Gasteiger partial charge is 0.236 e. The first-order valence-electron chi connectivity index (χ1n) is 8.11. The van der Waals surface area contributed by atoms with Gasteiger partial charge in [-0.1, -0.05) is 16.8 Å². The molecule has 2 saturated heterocycles. The minimum absolute atomic E-state index is 0.00154. The maximum Gasteiger partial charge on any atom is 0.236 e. The molecule has 134 valence electrons. The van der Waals surface area contributed by atoms with Crippen LogP contribution in [0.1, 0.15) is 25.7 Å². The van der Waals surface area contributed by atoms with Crippen molar-refractivity contribution in [3.05, 3.63) is 23.0 Å². The standard InChI is InChI=1S/C17H20ClN3O4/c1-9-17(6-16(7-17,8-19)24-9)15-20-14(21-25-15)10-4-11(18)13(23-3)12(5-10)22-2/h4-5,9H,6-8,19H2,1-3H3. The first-order chi connectivity index (χ1) is 12.0. The predicted octanol–water partition coefficient (Wildman–Crippen LogP) is 2.56. The van der Waals surface area contributed by atoms with Crippen LogP contribution in [0.2, 0.25) is 5.02 Å². The molecule has 0 amide bonds. The predicted molar refractivity (Wildman–Crippen MR) is 91.1 cm³/mol. The molecule has 1 saturated carbocycles. The molecule has 2 aliphatic heterocycles. The Labute approximate surface area is 150 Å². The van der Waals surface area contributed by atoms with Crippen molar-refractivity contribution in [2.24, 2.45) is 5.73 Å². The van der Waals surface area contributed by atoms with E-state index in [9.17, 15) is 0 Å². The Balaban J connectivity index is 1.68. The highest BCUT2D eigenvalue weighted by Gasteiger charge is 2.69. The van der Waals surface area contributed by atoms with E-state index in [-0.39, 0.29) is 17.1 Å². The highest BCUT2D eigenvalue weighted by atomic mass is 35.5. The van der Waals surface area contributed by atoms with Crippen molar-refractivity contribution in [2.45, 2.75) is 36.9 Å². The highest BCUT2D eigenvalue weighted by molar-refractivity contribution is 6.32. The average molecular weight is 366 g/mol. The van der Waals surface area contributed by atoms with E-state index in [1.807, 2.05) is 6.92 Å². The number of aromatic nitrogens is 2. The number of ether oxygens (including phenoxy) is 3. The molecule has 7 nitrogen and oxygen atoms in total. The molecule has 3 aliphatic rings. The minimum atomic E-state index is -0.245. The molecule has 0 radical (unpaired) electrons. The lowest BCUT2D eigenvalue weighted by Crippen LogP contribution is -2.52. The summed E-state index contributed by atoms with van der Waals surface area (Å²) in [5, 5.41) is 4.55. The quantitative estimate of drug-likeness (QED) is 0.870. The zero-order valence-electron chi connectivity index (χ0n) is 14.3. The number of nitrogens with zero attached hydrogens (tertiary/aromatic N) is 2. The number of hydrogen-bond acceptors (Lipinski definition) is 7. The minimum Gasteiger partial charge on any atom is -0.493 e. The fourth-order valence-corrected chi connectivity index (χ4v) is 4.35. The second-order valence-electron chi connectivity index (χ2n) is 6.77. The Morgan fingerprint density at radius 1 is 1.32 bits per heavy atom. The molecule has 1 unspecified atom stereocenters. The van der Waals surface area contributed by atoms with Gasteiger partial charge in [-0.15, -0.1) is 0 Å². The van der Waals surface area contributed by atoms with E-state index in [2.05, 4.69) is 10.1 Å². The molecule has 5 rings (SSSR count).